The molecule has 0 fully saturated rings. The van der Waals surface area contributed by atoms with E-state index >= 15 is 0 Å². The molecule has 0 bridgehead atoms. The predicted molar refractivity (Wildman–Crippen MR) is 81.0 cm³/mol. The molecule has 0 aliphatic rings. The zero-order chi connectivity index (χ0) is 16.2. The van der Waals surface area contributed by atoms with Gasteiger partial charge in [0.05, 0.1) is 0 Å². The molecule has 0 spiro atoms. The van der Waals surface area contributed by atoms with E-state index in [1.807, 2.05) is 6.07 Å². The molecule has 6 nitrogen and oxygen atoms in total. The smallest absolute Gasteiger partial charge is 0.282 e. The Hall–Kier alpha value is -2.15. The summed E-state index contributed by atoms with van der Waals surface area (Å²) < 4.78 is 28.1. The van der Waals surface area contributed by atoms with Crippen molar-refractivity contribution in [1.29, 1.82) is 5.26 Å². The molecular formula is C13H6ClFN4O2S2. The molecule has 23 heavy (non-hydrogen) atoms. The van der Waals surface area contributed by atoms with Gasteiger partial charge in [-0.25, -0.2) is 4.39 Å². The van der Waals surface area contributed by atoms with Gasteiger partial charge in [0.25, 0.3) is 11.1 Å². The van der Waals surface area contributed by atoms with Crippen molar-refractivity contribution in [2.24, 2.45) is 0 Å². The highest BCUT2D eigenvalue weighted by atomic mass is 35.5. The maximum absolute atomic E-state index is 12.8. The summed E-state index contributed by atoms with van der Waals surface area (Å²) >= 11 is 7.98. The molecule has 3 aromatic rings. The van der Waals surface area contributed by atoms with Crippen LogP contribution in [0.2, 0.25) is 5.15 Å². The van der Waals surface area contributed by atoms with Crippen molar-refractivity contribution in [3.05, 3.63) is 46.7 Å². The molecule has 3 rings (SSSR count). The molecular weight excluding hydrogens is 363 g/mol. The van der Waals surface area contributed by atoms with E-state index in [1.165, 1.54) is 24.3 Å². The molecule has 0 radical (unpaired) electrons. The summed E-state index contributed by atoms with van der Waals surface area (Å²) in [6.07, 6.45) is 0. The molecule has 2 heterocycles. The number of ether oxygens (including phenoxy) is 1. The first-order valence-corrected chi connectivity index (χ1v) is 8.06. The van der Waals surface area contributed by atoms with E-state index < -0.39 is 0 Å². The van der Waals surface area contributed by atoms with Gasteiger partial charge in [-0.3, -0.25) is 0 Å². The third kappa shape index (κ3) is 3.79. The van der Waals surface area contributed by atoms with Gasteiger partial charge >= 0.3 is 0 Å². The number of nitrogens with zero attached hydrogens (tertiary/aromatic N) is 4. The van der Waals surface area contributed by atoms with E-state index in [0.717, 1.165) is 23.3 Å². The lowest BCUT2D eigenvalue weighted by molar-refractivity contribution is 0.252. The molecule has 0 atom stereocenters. The van der Waals surface area contributed by atoms with Gasteiger partial charge in [-0.2, -0.15) is 9.64 Å². The number of nitriles is 1. The Labute approximate surface area is 143 Å². The molecule has 2 aromatic heterocycles. The topological polar surface area (TPSA) is 84.8 Å². The molecule has 116 valence electrons. The average Bonchev–Trinajstić information content (AvgIpc) is 3.14. The Kier molecular flexibility index (Phi) is 4.76. The third-order valence-electron chi connectivity index (χ3n) is 2.54. The van der Waals surface area contributed by atoms with Gasteiger partial charge in [-0.05, 0) is 47.6 Å². The fraction of sp³-hybridized carbons (Fsp3) is 0.0769. The number of aromatic nitrogens is 3. The second-order valence-corrected chi connectivity index (χ2v) is 6.41. The molecule has 10 heteroatoms. The van der Waals surface area contributed by atoms with E-state index in [-0.39, 0.29) is 34.3 Å². The summed E-state index contributed by atoms with van der Waals surface area (Å²) in [4.78, 5) is 0. The van der Waals surface area contributed by atoms with Crippen LogP contribution in [0.5, 0.6) is 5.75 Å². The van der Waals surface area contributed by atoms with Gasteiger partial charge in [0.2, 0.25) is 0 Å². The summed E-state index contributed by atoms with van der Waals surface area (Å²) in [6, 6.07) is 7.56. The third-order valence-corrected chi connectivity index (χ3v) is 4.76. The van der Waals surface area contributed by atoms with Gasteiger partial charge in [0, 0.05) is 0 Å². The van der Waals surface area contributed by atoms with Crippen molar-refractivity contribution in [2.45, 2.75) is 16.0 Å². The summed E-state index contributed by atoms with van der Waals surface area (Å²) in [7, 11) is 0. The first kappa shape index (κ1) is 15.7. The largest absolute Gasteiger partial charge is 0.484 e. The van der Waals surface area contributed by atoms with Crippen LogP contribution in [0.4, 0.5) is 4.39 Å². The maximum Gasteiger partial charge on any atom is 0.282 e. The maximum atomic E-state index is 12.8. The van der Waals surface area contributed by atoms with Crippen LogP contribution in [-0.2, 0) is 6.61 Å². The predicted octanol–water partition coefficient (Wildman–Crippen LogP) is 3.92. The van der Waals surface area contributed by atoms with Gasteiger partial charge in [-0.1, -0.05) is 11.6 Å². The van der Waals surface area contributed by atoms with Gasteiger partial charge in [0.15, 0.2) is 11.8 Å². The molecule has 0 saturated carbocycles. The number of halogens is 2. The van der Waals surface area contributed by atoms with Crippen LogP contribution in [0, 0.1) is 17.1 Å². The van der Waals surface area contributed by atoms with Crippen molar-refractivity contribution < 1.29 is 13.5 Å². The first-order chi connectivity index (χ1) is 11.2. The summed E-state index contributed by atoms with van der Waals surface area (Å²) in [5, 5.41) is 17.1. The molecule has 0 amide bonds. The zero-order valence-corrected chi connectivity index (χ0v) is 13.6. The van der Waals surface area contributed by atoms with Crippen molar-refractivity contribution in [3.63, 3.8) is 0 Å². The Bertz CT molecular complexity index is 860. The zero-order valence-electron chi connectivity index (χ0n) is 11.2. The lowest BCUT2D eigenvalue weighted by atomic mass is 10.3. The Morgan fingerprint density at radius 1 is 1.35 bits per heavy atom. The number of benzene rings is 1. The van der Waals surface area contributed by atoms with Crippen LogP contribution in [0.25, 0.3) is 0 Å². The molecule has 0 saturated heterocycles. The second-order valence-electron chi connectivity index (χ2n) is 4.05. The van der Waals surface area contributed by atoms with Gasteiger partial charge < -0.3 is 9.15 Å². The van der Waals surface area contributed by atoms with Crippen LogP contribution in [0.3, 0.4) is 0 Å². The monoisotopic (exact) mass is 368 g/mol. The fourth-order valence-electron chi connectivity index (χ4n) is 1.51. The first-order valence-electron chi connectivity index (χ1n) is 6.09. The van der Waals surface area contributed by atoms with Crippen LogP contribution in [0.15, 0.2) is 38.1 Å². The number of rotatable bonds is 5. The minimum Gasteiger partial charge on any atom is -0.484 e. The van der Waals surface area contributed by atoms with Crippen LogP contribution in [-0.4, -0.2) is 14.6 Å². The van der Waals surface area contributed by atoms with Crippen LogP contribution >= 0.6 is 34.9 Å². The lowest BCUT2D eigenvalue weighted by Gasteiger charge is -2.01. The van der Waals surface area contributed by atoms with Gasteiger partial charge in [-0.15, -0.1) is 10.2 Å². The summed E-state index contributed by atoms with van der Waals surface area (Å²) in [5.41, 5.74) is 0.281. The van der Waals surface area contributed by atoms with Crippen LogP contribution < -0.4 is 4.74 Å². The summed E-state index contributed by atoms with van der Waals surface area (Å²) in [5.74, 6) is 0.399. The minimum absolute atomic E-state index is 0.0494. The SMILES string of the molecule is N#Cc1c(Cl)nsc1Sc1nnc(COc2ccc(F)cc2)o1. The molecule has 0 aliphatic carbocycles. The molecule has 1 aromatic carbocycles. The molecule has 0 N–H and O–H groups in total. The van der Waals surface area contributed by atoms with Crippen molar-refractivity contribution in [2.75, 3.05) is 0 Å². The molecule has 0 unspecified atom stereocenters. The summed E-state index contributed by atoms with van der Waals surface area (Å²) in [6.45, 7) is 0.0494. The van der Waals surface area contributed by atoms with Crippen molar-refractivity contribution >= 4 is 34.9 Å². The van der Waals surface area contributed by atoms with Gasteiger partial charge in [0.1, 0.15) is 27.4 Å². The Morgan fingerprint density at radius 2 is 2.13 bits per heavy atom. The highest BCUT2D eigenvalue weighted by Crippen LogP contribution is 2.35. The van der Waals surface area contributed by atoms with E-state index in [4.69, 9.17) is 26.0 Å². The van der Waals surface area contributed by atoms with E-state index in [1.54, 1.807) is 0 Å². The number of hydrogen-bond acceptors (Lipinski definition) is 8. The van der Waals surface area contributed by atoms with E-state index in [9.17, 15) is 4.39 Å². The number of hydrogen-bond donors (Lipinski definition) is 0. The minimum atomic E-state index is -0.342. The van der Waals surface area contributed by atoms with E-state index in [0.29, 0.717) is 9.96 Å². The molecule has 0 aliphatic heterocycles. The second kappa shape index (κ2) is 6.95. The van der Waals surface area contributed by atoms with E-state index in [2.05, 4.69) is 14.6 Å². The highest BCUT2D eigenvalue weighted by Gasteiger charge is 2.16. The van der Waals surface area contributed by atoms with Crippen LogP contribution in [0.1, 0.15) is 11.5 Å². The normalized spacial score (nSPS) is 10.5. The fourth-order valence-corrected chi connectivity index (χ4v) is 3.45. The Balaban J connectivity index is 1.64. The highest BCUT2D eigenvalue weighted by molar-refractivity contribution is 8.00. The quantitative estimate of drug-likeness (QED) is 0.674. The average molecular weight is 369 g/mol. The lowest BCUT2D eigenvalue weighted by Crippen LogP contribution is -1.95. The van der Waals surface area contributed by atoms with Crippen molar-refractivity contribution in [1.82, 2.24) is 14.6 Å². The standard InChI is InChI=1S/C13H6ClFN4O2S2/c14-11-9(5-16)12(23-19-11)22-13-18-17-10(21-13)6-20-8-3-1-7(15)2-4-8/h1-4H,6H2. The van der Waals surface area contributed by atoms with Crippen molar-refractivity contribution in [3.8, 4) is 11.8 Å². The Morgan fingerprint density at radius 3 is 2.87 bits per heavy atom.